The Morgan fingerprint density at radius 2 is 1.91 bits per heavy atom. The minimum atomic E-state index is 0. The number of hydrogen-bond acceptors (Lipinski definition) is 3. The van der Waals surface area contributed by atoms with Crippen molar-refractivity contribution in [3.05, 3.63) is 35.4 Å². The molecule has 0 saturated carbocycles. The molecule has 3 N–H and O–H groups in total. The fourth-order valence-corrected chi connectivity index (χ4v) is 2.73. The first-order valence-electron chi connectivity index (χ1n) is 7.89. The average Bonchev–Trinajstić information content (AvgIpc) is 2.50. The minimum absolute atomic E-state index is 0. The Hall–Kier alpha value is -0.810. The number of nitrogens with zero attached hydrogens (tertiary/aromatic N) is 1. The Bertz CT molecular complexity index is 483. The number of nitrogens with one attached hydrogen (secondary N) is 1. The van der Waals surface area contributed by atoms with Gasteiger partial charge in [-0.05, 0) is 37.8 Å². The quantitative estimate of drug-likeness (QED) is 0.818. The van der Waals surface area contributed by atoms with Crippen LogP contribution in [0.15, 0.2) is 24.3 Å². The van der Waals surface area contributed by atoms with Gasteiger partial charge >= 0.3 is 0 Å². The number of amides is 1. The maximum absolute atomic E-state index is 11.7. The lowest BCUT2D eigenvalue weighted by atomic mass is 9.99. The summed E-state index contributed by atoms with van der Waals surface area (Å²) in [5, 5.41) is 3.02. The van der Waals surface area contributed by atoms with Crippen molar-refractivity contribution in [2.75, 3.05) is 13.1 Å². The Morgan fingerprint density at radius 1 is 1.26 bits per heavy atom. The third-order valence-corrected chi connectivity index (χ3v) is 4.20. The number of benzene rings is 1. The van der Waals surface area contributed by atoms with Crippen molar-refractivity contribution < 1.29 is 4.79 Å². The lowest BCUT2D eigenvalue weighted by Gasteiger charge is -2.33. The summed E-state index contributed by atoms with van der Waals surface area (Å²) in [5.41, 5.74) is 8.55. The van der Waals surface area contributed by atoms with Crippen LogP contribution in [0.4, 0.5) is 0 Å². The van der Waals surface area contributed by atoms with Gasteiger partial charge in [-0.15, -0.1) is 24.8 Å². The van der Waals surface area contributed by atoms with Gasteiger partial charge < -0.3 is 11.1 Å². The molecule has 4 nitrogen and oxygen atoms in total. The summed E-state index contributed by atoms with van der Waals surface area (Å²) >= 11 is 0. The molecule has 0 bridgehead atoms. The van der Waals surface area contributed by atoms with Gasteiger partial charge in [0.2, 0.25) is 5.91 Å². The number of hydrogen-bond donors (Lipinski definition) is 2. The zero-order chi connectivity index (χ0) is 15.2. The van der Waals surface area contributed by atoms with Crippen LogP contribution in [0, 0.1) is 0 Å². The number of carbonyl (C=O) groups is 1. The number of halogens is 2. The molecule has 1 aliphatic rings. The minimum Gasteiger partial charge on any atom is -0.355 e. The number of carbonyl (C=O) groups excluding carboxylic acids is 1. The normalized spacial score (nSPS) is 16.3. The van der Waals surface area contributed by atoms with Gasteiger partial charge in [-0.1, -0.05) is 24.3 Å². The number of fused-ring (bicyclic) bond motifs is 1. The van der Waals surface area contributed by atoms with E-state index in [0.717, 1.165) is 25.9 Å². The van der Waals surface area contributed by atoms with E-state index in [9.17, 15) is 4.79 Å². The molecule has 0 saturated heterocycles. The van der Waals surface area contributed by atoms with Gasteiger partial charge in [0.05, 0.1) is 0 Å². The molecule has 6 heteroatoms. The van der Waals surface area contributed by atoms with Crippen LogP contribution in [-0.2, 0) is 17.8 Å². The molecule has 1 aromatic carbocycles. The van der Waals surface area contributed by atoms with Crippen LogP contribution in [0.3, 0.4) is 0 Å². The van der Waals surface area contributed by atoms with Crippen molar-refractivity contribution in [1.82, 2.24) is 10.2 Å². The first kappa shape index (κ1) is 22.2. The van der Waals surface area contributed by atoms with Gasteiger partial charge in [0.1, 0.15) is 0 Å². The Kier molecular flexibility index (Phi) is 10.5. The summed E-state index contributed by atoms with van der Waals surface area (Å²) in [4.78, 5) is 14.2. The van der Waals surface area contributed by atoms with E-state index >= 15 is 0 Å². The zero-order valence-electron chi connectivity index (χ0n) is 14.0. The van der Waals surface area contributed by atoms with Crippen molar-refractivity contribution in [1.29, 1.82) is 0 Å². The SMILES string of the molecule is CC(N)CCC(=O)NCC(C)N1CCc2ccccc2C1.Cl.Cl. The van der Waals surface area contributed by atoms with Gasteiger partial charge in [-0.25, -0.2) is 0 Å². The maximum Gasteiger partial charge on any atom is 0.220 e. The predicted octanol–water partition coefficient (Wildman–Crippen LogP) is 2.52. The molecule has 23 heavy (non-hydrogen) atoms. The average molecular weight is 362 g/mol. The van der Waals surface area contributed by atoms with Gasteiger partial charge in [-0.2, -0.15) is 0 Å². The highest BCUT2D eigenvalue weighted by molar-refractivity contribution is 5.85. The monoisotopic (exact) mass is 361 g/mol. The molecule has 2 atom stereocenters. The lowest BCUT2D eigenvalue weighted by Crippen LogP contribution is -2.44. The van der Waals surface area contributed by atoms with Crippen molar-refractivity contribution in [2.24, 2.45) is 5.73 Å². The van der Waals surface area contributed by atoms with Crippen LogP contribution < -0.4 is 11.1 Å². The molecule has 2 rings (SSSR count). The fourth-order valence-electron chi connectivity index (χ4n) is 2.73. The first-order valence-corrected chi connectivity index (χ1v) is 7.89. The Labute approximate surface area is 152 Å². The molecule has 1 heterocycles. The van der Waals surface area contributed by atoms with E-state index < -0.39 is 0 Å². The lowest BCUT2D eigenvalue weighted by molar-refractivity contribution is -0.121. The molecule has 0 spiro atoms. The highest BCUT2D eigenvalue weighted by Crippen LogP contribution is 2.19. The second-order valence-corrected chi connectivity index (χ2v) is 6.16. The van der Waals surface area contributed by atoms with E-state index in [2.05, 4.69) is 41.4 Å². The standard InChI is InChI=1S/C17H27N3O.2ClH/c1-13(18)7-8-17(21)19-11-14(2)20-10-9-15-5-3-4-6-16(15)12-20;;/h3-6,13-14H,7-12,18H2,1-2H3,(H,19,21);2*1H. The van der Waals surface area contributed by atoms with Crippen LogP contribution in [-0.4, -0.2) is 36.0 Å². The van der Waals surface area contributed by atoms with Gasteiger partial charge in [0, 0.05) is 38.1 Å². The van der Waals surface area contributed by atoms with Crippen LogP contribution in [0.2, 0.25) is 0 Å². The third kappa shape index (κ3) is 7.08. The highest BCUT2D eigenvalue weighted by atomic mass is 35.5. The molecule has 0 aromatic heterocycles. The second-order valence-electron chi connectivity index (χ2n) is 6.16. The number of nitrogens with two attached hydrogens (primary N) is 1. The van der Waals surface area contributed by atoms with E-state index in [1.165, 1.54) is 11.1 Å². The molecule has 1 aliphatic heterocycles. The maximum atomic E-state index is 11.7. The topological polar surface area (TPSA) is 58.4 Å². The molecule has 1 amide bonds. The van der Waals surface area contributed by atoms with Crippen molar-refractivity contribution >= 4 is 30.7 Å². The van der Waals surface area contributed by atoms with Crippen LogP contribution >= 0.6 is 24.8 Å². The third-order valence-electron chi connectivity index (χ3n) is 4.20. The van der Waals surface area contributed by atoms with E-state index in [1.54, 1.807) is 0 Å². The van der Waals surface area contributed by atoms with E-state index in [4.69, 9.17) is 5.73 Å². The summed E-state index contributed by atoms with van der Waals surface area (Å²) in [5.74, 6) is 0.108. The van der Waals surface area contributed by atoms with Gasteiger partial charge in [0.15, 0.2) is 0 Å². The molecular weight excluding hydrogens is 333 g/mol. The first-order chi connectivity index (χ1) is 10.1. The van der Waals surface area contributed by atoms with E-state index in [1.807, 2.05) is 6.92 Å². The van der Waals surface area contributed by atoms with Crippen LogP contribution in [0.1, 0.15) is 37.8 Å². The van der Waals surface area contributed by atoms with Gasteiger partial charge in [-0.3, -0.25) is 9.69 Å². The summed E-state index contributed by atoms with van der Waals surface area (Å²) in [6.07, 6.45) is 2.36. The van der Waals surface area contributed by atoms with E-state index in [0.29, 0.717) is 19.0 Å². The molecule has 0 fully saturated rings. The highest BCUT2D eigenvalue weighted by Gasteiger charge is 2.20. The van der Waals surface area contributed by atoms with Crippen LogP contribution in [0.25, 0.3) is 0 Å². The second kappa shape index (κ2) is 10.9. The Balaban J connectivity index is 0.00000242. The summed E-state index contributed by atoms with van der Waals surface area (Å²) in [6, 6.07) is 9.08. The molecule has 0 aliphatic carbocycles. The molecule has 132 valence electrons. The zero-order valence-corrected chi connectivity index (χ0v) is 15.6. The molecular formula is C17H29Cl2N3O. The van der Waals surface area contributed by atoms with Crippen molar-refractivity contribution in [3.63, 3.8) is 0 Å². The summed E-state index contributed by atoms with van der Waals surface area (Å²) in [7, 11) is 0. The molecule has 2 unspecified atom stereocenters. The predicted molar refractivity (Wildman–Crippen MR) is 100 cm³/mol. The molecule has 1 aromatic rings. The summed E-state index contributed by atoms with van der Waals surface area (Å²) < 4.78 is 0. The fraction of sp³-hybridized carbons (Fsp3) is 0.588. The van der Waals surface area contributed by atoms with Crippen molar-refractivity contribution in [2.45, 2.75) is 51.7 Å². The summed E-state index contributed by atoms with van der Waals surface area (Å²) in [6.45, 7) is 6.86. The van der Waals surface area contributed by atoms with Crippen LogP contribution in [0.5, 0.6) is 0 Å². The van der Waals surface area contributed by atoms with E-state index in [-0.39, 0.29) is 36.8 Å². The Morgan fingerprint density at radius 3 is 2.57 bits per heavy atom. The van der Waals surface area contributed by atoms with Gasteiger partial charge in [0.25, 0.3) is 0 Å². The molecule has 0 radical (unpaired) electrons. The largest absolute Gasteiger partial charge is 0.355 e. The van der Waals surface area contributed by atoms with Crippen molar-refractivity contribution in [3.8, 4) is 0 Å². The number of rotatable bonds is 6. The smallest absolute Gasteiger partial charge is 0.220 e.